The highest BCUT2D eigenvalue weighted by Crippen LogP contribution is 2.33. The summed E-state index contributed by atoms with van der Waals surface area (Å²) < 4.78 is 0. The molecule has 0 bridgehead atoms. The minimum absolute atomic E-state index is 0.354. The number of alkyl halides is 2. The zero-order chi connectivity index (χ0) is 28.8. The van der Waals surface area contributed by atoms with Gasteiger partial charge < -0.3 is 9.97 Å². The summed E-state index contributed by atoms with van der Waals surface area (Å²) in [5.74, 6) is 2.17. The highest BCUT2D eigenvalue weighted by Gasteiger charge is 2.27. The van der Waals surface area contributed by atoms with Crippen molar-refractivity contribution in [2.75, 3.05) is 0 Å². The van der Waals surface area contributed by atoms with E-state index in [0.29, 0.717) is 0 Å². The van der Waals surface area contributed by atoms with E-state index in [1.165, 1.54) is 36.8 Å². The quantitative estimate of drug-likeness (QED) is 0.119. The molecule has 2 unspecified atom stereocenters. The Morgan fingerprint density at radius 1 is 0.595 bits per heavy atom. The summed E-state index contributed by atoms with van der Waals surface area (Å²) in [5, 5.41) is 0. The van der Waals surface area contributed by atoms with Crippen LogP contribution in [0.4, 0.5) is 0 Å². The lowest BCUT2D eigenvalue weighted by molar-refractivity contribution is 0.586. The van der Waals surface area contributed by atoms with Crippen LogP contribution in [0.5, 0.6) is 0 Å². The normalized spacial score (nSPS) is 21.7. The lowest BCUT2D eigenvalue weighted by Crippen LogP contribution is -2.22. The van der Waals surface area contributed by atoms with E-state index in [2.05, 4.69) is 82.8 Å². The molecule has 2 heterocycles. The fourth-order valence-electron chi connectivity index (χ4n) is 6.27. The molecule has 2 aliphatic rings. The van der Waals surface area contributed by atoms with E-state index in [1.54, 1.807) is 0 Å². The van der Waals surface area contributed by atoms with Crippen molar-refractivity contribution in [3.63, 3.8) is 0 Å². The lowest BCUT2D eigenvalue weighted by Gasteiger charge is -2.23. The third-order valence-electron chi connectivity index (χ3n) is 8.54. The maximum atomic E-state index is 6.88. The summed E-state index contributed by atoms with van der Waals surface area (Å²) >= 11 is 13.8. The van der Waals surface area contributed by atoms with E-state index in [1.807, 2.05) is 12.2 Å². The number of aromatic nitrogens is 4. The predicted octanol–water partition coefficient (Wildman–Crippen LogP) is 9.64. The number of allylic oxidation sites excluding steroid dienone is 8. The van der Waals surface area contributed by atoms with Gasteiger partial charge in [-0.1, -0.05) is 98.6 Å². The molecule has 0 saturated carbocycles. The summed E-state index contributed by atoms with van der Waals surface area (Å²) in [6, 6.07) is 12.8. The van der Waals surface area contributed by atoms with Gasteiger partial charge in [0.05, 0.1) is 31.8 Å². The number of hydrogen-bond donors (Lipinski definition) is 2. The van der Waals surface area contributed by atoms with Crippen LogP contribution < -0.4 is 0 Å². The number of para-hydroxylation sites is 2. The molecule has 42 heavy (non-hydrogen) atoms. The van der Waals surface area contributed by atoms with Crippen LogP contribution in [0.25, 0.3) is 22.1 Å². The molecule has 0 spiro atoms. The lowest BCUT2D eigenvalue weighted by atomic mass is 9.91. The fourth-order valence-corrected chi connectivity index (χ4v) is 6.88. The molecule has 0 aliphatic heterocycles. The van der Waals surface area contributed by atoms with Crippen molar-refractivity contribution in [3.8, 4) is 0 Å². The Labute approximate surface area is 259 Å². The van der Waals surface area contributed by atoms with Crippen LogP contribution in [0.2, 0.25) is 0 Å². The third kappa shape index (κ3) is 7.10. The largest absolute Gasteiger partial charge is 0.342 e. The minimum atomic E-state index is -0.354. The van der Waals surface area contributed by atoms with Gasteiger partial charge in [0.1, 0.15) is 11.6 Å². The molecular formula is C36H40Cl2N4. The summed E-state index contributed by atoms with van der Waals surface area (Å²) in [4.78, 5) is 16.3. The number of H-pyrrole nitrogens is 2. The molecule has 6 heteroatoms. The number of rotatable bonds is 13. The molecular weight excluding hydrogens is 559 g/mol. The SMILES string of the molecule is ClC1(Cc2cccc3[nH]c(CCCCCCCCc4nc5c(CC6(Cl)C=CC=CC6)cccc5[nH]4)nc23)C=CC=CC1. The number of aryl methyl sites for hydroxylation is 2. The Bertz CT molecular complexity index is 1520. The number of unbranched alkanes of at least 4 members (excludes halogenated alkanes) is 5. The number of hydrogen-bond acceptors (Lipinski definition) is 2. The molecule has 2 aromatic heterocycles. The number of benzene rings is 2. The standard InChI is InChI=1S/C36H40Cl2N4/c37-35(21-9-5-10-22-35)25-27-15-13-17-29-33(27)41-31(39-29)19-7-3-1-2-4-8-20-32-40-30-18-14-16-28(34(30)42-32)26-36(38)23-11-6-12-24-36/h5-6,9-18,21,23H,1-4,7-8,19-20,22,24-26H2,(H,39,41)(H,40,42). The summed E-state index contributed by atoms with van der Waals surface area (Å²) in [7, 11) is 0. The molecule has 0 saturated heterocycles. The Morgan fingerprint density at radius 2 is 1.05 bits per heavy atom. The number of halogens is 2. The second-order valence-electron chi connectivity index (χ2n) is 12.0. The zero-order valence-corrected chi connectivity index (χ0v) is 25.7. The molecule has 0 fully saturated rings. The van der Waals surface area contributed by atoms with Crippen LogP contribution in [-0.4, -0.2) is 29.7 Å². The summed E-state index contributed by atoms with van der Waals surface area (Å²) in [6.45, 7) is 0. The van der Waals surface area contributed by atoms with Gasteiger partial charge in [0.2, 0.25) is 0 Å². The molecule has 4 nitrogen and oxygen atoms in total. The number of fused-ring (bicyclic) bond motifs is 2. The highest BCUT2D eigenvalue weighted by atomic mass is 35.5. The first kappa shape index (κ1) is 29.0. The average molecular weight is 600 g/mol. The minimum Gasteiger partial charge on any atom is -0.342 e. The molecule has 6 rings (SSSR count). The molecule has 0 radical (unpaired) electrons. The van der Waals surface area contributed by atoms with Crippen molar-refractivity contribution in [3.05, 3.63) is 108 Å². The van der Waals surface area contributed by atoms with Crippen molar-refractivity contribution in [1.29, 1.82) is 0 Å². The van der Waals surface area contributed by atoms with Crippen LogP contribution in [0, 0.1) is 0 Å². The van der Waals surface area contributed by atoms with Gasteiger partial charge in [-0.15, -0.1) is 23.2 Å². The van der Waals surface area contributed by atoms with Gasteiger partial charge in [0, 0.05) is 12.8 Å². The number of nitrogens with one attached hydrogen (secondary N) is 2. The molecule has 2 aromatic carbocycles. The monoisotopic (exact) mass is 598 g/mol. The van der Waals surface area contributed by atoms with Crippen molar-refractivity contribution < 1.29 is 0 Å². The van der Waals surface area contributed by atoms with Crippen LogP contribution in [0.3, 0.4) is 0 Å². The Morgan fingerprint density at radius 3 is 1.48 bits per heavy atom. The van der Waals surface area contributed by atoms with Crippen molar-refractivity contribution in [2.24, 2.45) is 0 Å². The topological polar surface area (TPSA) is 57.4 Å². The third-order valence-corrected chi connectivity index (χ3v) is 9.36. The van der Waals surface area contributed by atoms with Gasteiger partial charge in [0.25, 0.3) is 0 Å². The van der Waals surface area contributed by atoms with E-state index in [-0.39, 0.29) is 9.75 Å². The summed E-state index contributed by atoms with van der Waals surface area (Å²) in [5.41, 5.74) is 6.79. The van der Waals surface area contributed by atoms with Crippen molar-refractivity contribution in [2.45, 2.75) is 86.8 Å². The first-order chi connectivity index (χ1) is 20.5. The number of aromatic amines is 2. The smallest absolute Gasteiger partial charge is 0.107 e. The van der Waals surface area contributed by atoms with E-state index < -0.39 is 0 Å². The van der Waals surface area contributed by atoms with Crippen molar-refractivity contribution >= 4 is 45.3 Å². The molecule has 2 N–H and O–H groups in total. The zero-order valence-electron chi connectivity index (χ0n) is 24.2. The van der Waals surface area contributed by atoms with Gasteiger partial charge in [-0.3, -0.25) is 0 Å². The maximum Gasteiger partial charge on any atom is 0.107 e. The molecule has 0 amide bonds. The Kier molecular flexibility index (Phi) is 9.02. The molecule has 2 atom stereocenters. The maximum absolute atomic E-state index is 6.88. The van der Waals surface area contributed by atoms with Gasteiger partial charge in [0.15, 0.2) is 0 Å². The predicted molar refractivity (Wildman–Crippen MR) is 178 cm³/mol. The van der Waals surface area contributed by atoms with Crippen LogP contribution in [-0.2, 0) is 25.7 Å². The number of imidazole rings is 2. The van der Waals surface area contributed by atoms with Gasteiger partial charge in [-0.05, 0) is 61.8 Å². The van der Waals surface area contributed by atoms with Crippen LogP contribution in [0.1, 0.15) is 74.1 Å². The highest BCUT2D eigenvalue weighted by molar-refractivity contribution is 6.26. The van der Waals surface area contributed by atoms with Crippen LogP contribution in [0.15, 0.2) is 85.0 Å². The van der Waals surface area contributed by atoms with Gasteiger partial charge in [-0.2, -0.15) is 0 Å². The number of nitrogens with zero attached hydrogens (tertiary/aromatic N) is 2. The molecule has 2 aliphatic carbocycles. The average Bonchev–Trinajstić information content (AvgIpc) is 3.60. The Hall–Kier alpha value is -3.08. The van der Waals surface area contributed by atoms with Crippen molar-refractivity contribution in [1.82, 2.24) is 19.9 Å². The van der Waals surface area contributed by atoms with E-state index in [4.69, 9.17) is 33.2 Å². The summed E-state index contributed by atoms with van der Waals surface area (Å²) in [6.07, 6.45) is 29.2. The second-order valence-corrected chi connectivity index (χ2v) is 13.5. The van der Waals surface area contributed by atoms with Gasteiger partial charge in [-0.25, -0.2) is 9.97 Å². The van der Waals surface area contributed by atoms with E-state index in [9.17, 15) is 0 Å². The Balaban J connectivity index is 0.928. The first-order valence-electron chi connectivity index (χ1n) is 15.5. The van der Waals surface area contributed by atoms with E-state index in [0.717, 1.165) is 85.1 Å². The molecule has 4 aromatic rings. The first-order valence-corrected chi connectivity index (χ1v) is 16.2. The molecule has 218 valence electrons. The fraction of sp³-hybridized carbons (Fsp3) is 0.389. The van der Waals surface area contributed by atoms with Gasteiger partial charge >= 0.3 is 0 Å². The van der Waals surface area contributed by atoms with Crippen LogP contribution >= 0.6 is 23.2 Å². The second kappa shape index (κ2) is 13.1. The van der Waals surface area contributed by atoms with E-state index >= 15 is 0 Å².